The summed E-state index contributed by atoms with van der Waals surface area (Å²) >= 11 is 0. The van der Waals surface area contributed by atoms with Crippen molar-refractivity contribution in [3.63, 3.8) is 0 Å². The van der Waals surface area contributed by atoms with Gasteiger partial charge in [0.15, 0.2) is 6.61 Å². The number of rotatable bonds is 5. The van der Waals surface area contributed by atoms with E-state index in [0.717, 1.165) is 60.6 Å². The van der Waals surface area contributed by atoms with Crippen molar-refractivity contribution >= 4 is 28.3 Å². The highest BCUT2D eigenvalue weighted by Crippen LogP contribution is 2.30. The highest BCUT2D eigenvalue weighted by molar-refractivity contribution is 5.95. The first-order chi connectivity index (χ1) is 15.3. The number of hydrogen-bond donors (Lipinski definition) is 2. The van der Waals surface area contributed by atoms with Crippen LogP contribution in [-0.4, -0.2) is 43.7 Å². The summed E-state index contributed by atoms with van der Waals surface area (Å²) in [5.41, 5.74) is 1.73. The number of alkyl halides is 3. The number of anilines is 2. The Morgan fingerprint density at radius 3 is 2.53 bits per heavy atom. The minimum Gasteiger partial charge on any atom is -0.484 e. The lowest BCUT2D eigenvalue weighted by atomic mass is 10.1. The molecule has 1 fully saturated rings. The highest BCUT2D eigenvalue weighted by Gasteiger charge is 2.30. The van der Waals surface area contributed by atoms with Crippen LogP contribution in [0.4, 0.5) is 24.7 Å². The van der Waals surface area contributed by atoms with Gasteiger partial charge in [0.1, 0.15) is 11.6 Å². The van der Waals surface area contributed by atoms with E-state index < -0.39 is 17.6 Å². The summed E-state index contributed by atoms with van der Waals surface area (Å²) in [6.45, 7) is 5.37. The molecule has 1 saturated heterocycles. The smallest absolute Gasteiger partial charge is 0.416 e. The van der Waals surface area contributed by atoms with E-state index in [4.69, 9.17) is 9.72 Å². The molecule has 2 heterocycles. The Labute approximate surface area is 183 Å². The van der Waals surface area contributed by atoms with Gasteiger partial charge in [-0.05, 0) is 61.0 Å². The number of ether oxygens (including phenoxy) is 1. The fraction of sp³-hybridized carbons (Fsp3) is 0.304. The summed E-state index contributed by atoms with van der Waals surface area (Å²) in [5.74, 6) is 0.720. The summed E-state index contributed by atoms with van der Waals surface area (Å²) < 4.78 is 43.2. The van der Waals surface area contributed by atoms with Crippen LogP contribution in [0.2, 0.25) is 0 Å². The van der Waals surface area contributed by atoms with E-state index in [1.165, 1.54) is 12.1 Å². The summed E-state index contributed by atoms with van der Waals surface area (Å²) in [5, 5.41) is 7.02. The van der Waals surface area contributed by atoms with Crippen molar-refractivity contribution in [3.05, 3.63) is 59.7 Å². The number of hydrogen-bond acceptors (Lipinski definition) is 5. The number of carbonyl (C=O) groups is 1. The Kier molecular flexibility index (Phi) is 6.18. The Balaban J connectivity index is 1.40. The molecule has 168 valence electrons. The van der Waals surface area contributed by atoms with E-state index in [9.17, 15) is 18.0 Å². The van der Waals surface area contributed by atoms with Crippen LogP contribution in [0.1, 0.15) is 11.1 Å². The van der Waals surface area contributed by atoms with Crippen molar-refractivity contribution < 1.29 is 22.7 Å². The van der Waals surface area contributed by atoms with E-state index in [2.05, 4.69) is 15.5 Å². The molecule has 32 heavy (non-hydrogen) atoms. The fourth-order valence-electron chi connectivity index (χ4n) is 3.60. The average molecular weight is 444 g/mol. The molecular formula is C23H23F3N4O2. The lowest BCUT2D eigenvalue weighted by Crippen LogP contribution is -2.43. The van der Waals surface area contributed by atoms with Crippen LogP contribution < -0.4 is 20.3 Å². The van der Waals surface area contributed by atoms with Gasteiger partial charge in [0.25, 0.3) is 5.91 Å². The molecule has 0 radical (unpaired) electrons. The van der Waals surface area contributed by atoms with E-state index in [0.29, 0.717) is 5.69 Å². The molecule has 2 N–H and O–H groups in total. The van der Waals surface area contributed by atoms with Gasteiger partial charge in [0.05, 0.1) is 11.1 Å². The molecule has 0 spiro atoms. The first kappa shape index (κ1) is 21.9. The molecule has 3 aromatic rings. The SMILES string of the molecule is Cc1cc(N2CCNCC2)nc2ccc(NC(=O)COc3ccc(C(F)(F)F)cc3)cc12. The van der Waals surface area contributed by atoms with Gasteiger partial charge in [-0.2, -0.15) is 13.2 Å². The maximum atomic E-state index is 12.6. The van der Waals surface area contributed by atoms with E-state index >= 15 is 0 Å². The molecule has 1 aromatic heterocycles. The van der Waals surface area contributed by atoms with Gasteiger partial charge < -0.3 is 20.3 Å². The maximum Gasteiger partial charge on any atom is 0.416 e. The molecule has 0 aliphatic carbocycles. The number of piperazine rings is 1. The average Bonchev–Trinajstić information content (AvgIpc) is 2.78. The molecule has 2 aromatic carbocycles. The third-order valence-corrected chi connectivity index (χ3v) is 5.28. The van der Waals surface area contributed by atoms with E-state index in [1.807, 2.05) is 25.1 Å². The predicted molar refractivity (Wildman–Crippen MR) is 117 cm³/mol. The van der Waals surface area contributed by atoms with Gasteiger partial charge in [0, 0.05) is 37.3 Å². The largest absolute Gasteiger partial charge is 0.484 e. The van der Waals surface area contributed by atoms with Gasteiger partial charge >= 0.3 is 6.18 Å². The Morgan fingerprint density at radius 1 is 1.12 bits per heavy atom. The number of pyridine rings is 1. The normalized spacial score (nSPS) is 14.4. The van der Waals surface area contributed by atoms with Gasteiger partial charge in [-0.1, -0.05) is 0 Å². The molecule has 1 amide bonds. The van der Waals surface area contributed by atoms with Crippen molar-refractivity contribution in [1.29, 1.82) is 0 Å². The van der Waals surface area contributed by atoms with Crippen LogP contribution in [-0.2, 0) is 11.0 Å². The van der Waals surface area contributed by atoms with Gasteiger partial charge in [0.2, 0.25) is 0 Å². The molecule has 0 atom stereocenters. The van der Waals surface area contributed by atoms with Gasteiger partial charge in [-0.15, -0.1) is 0 Å². The van der Waals surface area contributed by atoms with Crippen LogP contribution in [0.15, 0.2) is 48.5 Å². The van der Waals surface area contributed by atoms with Crippen molar-refractivity contribution in [2.24, 2.45) is 0 Å². The Morgan fingerprint density at radius 2 is 1.84 bits per heavy atom. The monoisotopic (exact) mass is 444 g/mol. The van der Waals surface area contributed by atoms with Crippen LogP contribution in [0.25, 0.3) is 10.9 Å². The number of aryl methyl sites for hydroxylation is 1. The summed E-state index contributed by atoms with van der Waals surface area (Å²) in [6.07, 6.45) is -4.41. The van der Waals surface area contributed by atoms with Gasteiger partial charge in [-0.25, -0.2) is 4.98 Å². The quantitative estimate of drug-likeness (QED) is 0.623. The highest BCUT2D eigenvalue weighted by atomic mass is 19.4. The zero-order valence-electron chi connectivity index (χ0n) is 17.5. The number of benzene rings is 2. The first-order valence-corrected chi connectivity index (χ1v) is 10.3. The number of nitrogens with zero attached hydrogens (tertiary/aromatic N) is 2. The first-order valence-electron chi connectivity index (χ1n) is 10.3. The standard InChI is InChI=1S/C23H23F3N4O2/c1-15-12-21(30-10-8-27-9-11-30)29-20-7-4-17(13-19(15)20)28-22(31)14-32-18-5-2-16(3-6-18)23(24,25)26/h2-7,12-13,27H,8-11,14H2,1H3,(H,28,31). The third kappa shape index (κ3) is 5.11. The molecule has 0 saturated carbocycles. The maximum absolute atomic E-state index is 12.6. The zero-order chi connectivity index (χ0) is 22.7. The predicted octanol–water partition coefficient (Wildman–Crippen LogP) is 3.99. The molecule has 0 unspecified atom stereocenters. The minimum atomic E-state index is -4.41. The summed E-state index contributed by atoms with van der Waals surface area (Å²) in [7, 11) is 0. The fourth-order valence-corrected chi connectivity index (χ4v) is 3.60. The van der Waals surface area contributed by atoms with Crippen LogP contribution >= 0.6 is 0 Å². The molecule has 1 aliphatic rings. The topological polar surface area (TPSA) is 66.5 Å². The Bertz CT molecular complexity index is 1110. The van der Waals surface area contributed by atoms with Crippen LogP contribution in [0.3, 0.4) is 0 Å². The van der Waals surface area contributed by atoms with Crippen molar-refractivity contribution in [3.8, 4) is 5.75 Å². The van der Waals surface area contributed by atoms with E-state index in [-0.39, 0.29) is 12.4 Å². The minimum absolute atomic E-state index is 0.187. The number of amides is 1. The van der Waals surface area contributed by atoms with Crippen molar-refractivity contribution in [1.82, 2.24) is 10.3 Å². The second-order valence-electron chi connectivity index (χ2n) is 7.63. The van der Waals surface area contributed by atoms with Gasteiger partial charge in [-0.3, -0.25) is 4.79 Å². The molecule has 6 nitrogen and oxygen atoms in total. The number of nitrogens with one attached hydrogen (secondary N) is 2. The molecule has 1 aliphatic heterocycles. The molecule has 9 heteroatoms. The third-order valence-electron chi connectivity index (χ3n) is 5.28. The molecule has 0 bridgehead atoms. The van der Waals surface area contributed by atoms with Crippen LogP contribution in [0.5, 0.6) is 5.75 Å². The summed E-state index contributed by atoms with van der Waals surface area (Å²) in [6, 6.07) is 11.8. The lowest BCUT2D eigenvalue weighted by molar-refractivity contribution is -0.137. The number of aromatic nitrogens is 1. The molecular weight excluding hydrogens is 421 g/mol. The Hall–Kier alpha value is -3.33. The second kappa shape index (κ2) is 9.04. The van der Waals surface area contributed by atoms with Crippen molar-refractivity contribution in [2.45, 2.75) is 13.1 Å². The van der Waals surface area contributed by atoms with Crippen molar-refractivity contribution in [2.75, 3.05) is 43.0 Å². The van der Waals surface area contributed by atoms with Crippen LogP contribution in [0, 0.1) is 6.92 Å². The number of carbonyl (C=O) groups excluding carboxylic acids is 1. The second-order valence-corrected chi connectivity index (χ2v) is 7.63. The zero-order valence-corrected chi connectivity index (χ0v) is 17.5. The van der Waals surface area contributed by atoms with E-state index in [1.54, 1.807) is 6.07 Å². The number of fused-ring (bicyclic) bond motifs is 1. The molecule has 4 rings (SSSR count). The summed E-state index contributed by atoms with van der Waals surface area (Å²) in [4.78, 5) is 19.3. The lowest BCUT2D eigenvalue weighted by Gasteiger charge is -2.29. The number of halogens is 3.